The number of hydrogen-bond donors (Lipinski definition) is 3. The van der Waals surface area contributed by atoms with Crippen molar-refractivity contribution in [1.82, 2.24) is 24.5 Å². The number of anilines is 3. The van der Waals surface area contributed by atoms with Crippen LogP contribution in [0.4, 0.5) is 17.3 Å². The first kappa shape index (κ1) is 30.0. The number of carbonyl (C=O) groups excluding carboxylic acids is 1. The number of benzene rings is 4. The summed E-state index contributed by atoms with van der Waals surface area (Å²) in [5.74, 6) is 0.433. The van der Waals surface area contributed by atoms with Crippen molar-refractivity contribution in [2.75, 3.05) is 10.6 Å². The molecule has 3 aromatic heterocycles. The van der Waals surface area contributed by atoms with Gasteiger partial charge in [0.05, 0.1) is 40.0 Å². The number of halogens is 1. The van der Waals surface area contributed by atoms with E-state index in [1.54, 1.807) is 18.3 Å². The molecule has 0 aliphatic heterocycles. The Morgan fingerprint density at radius 3 is 2.49 bits per heavy atom. The van der Waals surface area contributed by atoms with Crippen molar-refractivity contribution < 1.29 is 9.90 Å². The molecule has 0 radical (unpaired) electrons. The Morgan fingerprint density at radius 2 is 1.66 bits per heavy atom. The molecular formula is C37H30ClN7O2. The number of fused-ring (bicyclic) bond motifs is 2. The Balaban J connectivity index is 1.29. The highest BCUT2D eigenvalue weighted by molar-refractivity contribution is 6.30. The van der Waals surface area contributed by atoms with Crippen LogP contribution in [0.25, 0.3) is 33.3 Å². The smallest absolute Gasteiger partial charge is 0.255 e. The minimum Gasteiger partial charge on any atom is -0.381 e. The molecule has 0 fully saturated rings. The molecule has 2 unspecified atom stereocenters. The highest BCUT2D eigenvalue weighted by Gasteiger charge is 2.32. The number of hydrogen-bond acceptors (Lipinski definition) is 7. The van der Waals surface area contributed by atoms with Gasteiger partial charge >= 0.3 is 0 Å². The number of pyridine rings is 1. The van der Waals surface area contributed by atoms with Gasteiger partial charge in [-0.15, -0.1) is 0 Å². The fraction of sp³-hybridized carbons (Fsp3) is 0.108. The van der Waals surface area contributed by atoms with Gasteiger partial charge in [0.1, 0.15) is 5.82 Å². The Labute approximate surface area is 276 Å². The second-order valence-corrected chi connectivity index (χ2v) is 11.7. The van der Waals surface area contributed by atoms with E-state index in [1.165, 1.54) is 12.4 Å². The number of aliphatic hydroxyl groups is 1. The third-order valence-corrected chi connectivity index (χ3v) is 8.29. The van der Waals surface area contributed by atoms with Gasteiger partial charge in [0, 0.05) is 28.5 Å². The largest absolute Gasteiger partial charge is 0.381 e. The van der Waals surface area contributed by atoms with Gasteiger partial charge in [0.2, 0.25) is 5.95 Å². The standard InChI is InChI=1S/C37H30ClN7O2/c1-23-16-17-27(20-30(23)44-37-40-21-26(38)22-41-37)42-36(47)34(46)32(19-24-9-3-2-4-10-24)45-31-15-6-5-14-29(31)43-35(45)28-13-7-11-25-12-8-18-39-33(25)28/h2-18,20-22,32,34,46H,19H2,1H3,(H,42,47)(H,40,41,44). The predicted molar refractivity (Wildman–Crippen MR) is 186 cm³/mol. The first-order valence-corrected chi connectivity index (χ1v) is 15.5. The fourth-order valence-corrected chi connectivity index (χ4v) is 5.87. The number of carbonyl (C=O) groups is 1. The fourth-order valence-electron chi connectivity index (χ4n) is 5.78. The maximum Gasteiger partial charge on any atom is 0.255 e. The van der Waals surface area contributed by atoms with Crippen molar-refractivity contribution in [1.29, 1.82) is 0 Å². The lowest BCUT2D eigenvalue weighted by atomic mass is 9.99. The minimum absolute atomic E-state index is 0.367. The van der Waals surface area contributed by atoms with Gasteiger partial charge in [-0.25, -0.2) is 15.0 Å². The molecule has 0 bridgehead atoms. The molecule has 10 heteroatoms. The zero-order valence-electron chi connectivity index (χ0n) is 25.4. The van der Waals surface area contributed by atoms with Crippen LogP contribution in [0.5, 0.6) is 0 Å². The molecule has 0 saturated heterocycles. The summed E-state index contributed by atoms with van der Waals surface area (Å²) < 4.78 is 1.98. The van der Waals surface area contributed by atoms with E-state index in [9.17, 15) is 9.90 Å². The molecule has 7 aromatic rings. The predicted octanol–water partition coefficient (Wildman–Crippen LogP) is 7.53. The summed E-state index contributed by atoms with van der Waals surface area (Å²) in [5, 5.41) is 19.5. The van der Waals surface area contributed by atoms with Gasteiger partial charge in [-0.05, 0) is 60.9 Å². The SMILES string of the molecule is Cc1ccc(NC(=O)C(O)C(Cc2ccccc2)n2c(-c3cccc4cccnc34)nc3ccccc32)cc1Nc1ncc(Cl)cn1. The molecule has 1 amide bonds. The van der Waals surface area contributed by atoms with Gasteiger partial charge < -0.3 is 20.3 Å². The molecule has 0 spiro atoms. The third-order valence-electron chi connectivity index (χ3n) is 8.09. The third kappa shape index (κ3) is 6.27. The van der Waals surface area contributed by atoms with Crippen LogP contribution in [0.1, 0.15) is 17.2 Å². The number of para-hydroxylation sites is 3. The number of nitrogens with zero attached hydrogens (tertiary/aromatic N) is 5. The van der Waals surface area contributed by atoms with Gasteiger partial charge in [-0.2, -0.15) is 0 Å². The first-order valence-electron chi connectivity index (χ1n) is 15.1. The molecule has 2 atom stereocenters. The molecule has 0 aliphatic carbocycles. The lowest BCUT2D eigenvalue weighted by Crippen LogP contribution is -2.37. The summed E-state index contributed by atoms with van der Waals surface area (Å²) in [6.07, 6.45) is 3.68. The second kappa shape index (κ2) is 13.0. The number of imidazole rings is 1. The normalized spacial score (nSPS) is 12.6. The molecular weight excluding hydrogens is 610 g/mol. The molecule has 47 heavy (non-hydrogen) atoms. The molecule has 4 aromatic carbocycles. The Bertz CT molecular complexity index is 2200. The number of aliphatic hydroxyl groups excluding tert-OH is 1. The zero-order chi connectivity index (χ0) is 32.3. The summed E-state index contributed by atoms with van der Waals surface area (Å²) in [7, 11) is 0. The number of aromatic nitrogens is 5. The summed E-state index contributed by atoms with van der Waals surface area (Å²) in [6, 6.07) is 32.2. The van der Waals surface area contributed by atoms with E-state index in [0.29, 0.717) is 34.6 Å². The maximum atomic E-state index is 14.0. The molecule has 232 valence electrons. The van der Waals surface area contributed by atoms with E-state index < -0.39 is 18.1 Å². The number of rotatable bonds is 9. The van der Waals surface area contributed by atoms with Gasteiger partial charge in [0.15, 0.2) is 6.10 Å². The number of aryl methyl sites for hydroxylation is 1. The highest BCUT2D eigenvalue weighted by Crippen LogP contribution is 2.35. The van der Waals surface area contributed by atoms with Crippen LogP contribution in [-0.2, 0) is 11.2 Å². The lowest BCUT2D eigenvalue weighted by molar-refractivity contribution is -0.126. The number of amides is 1. The van der Waals surface area contributed by atoms with Crippen molar-refractivity contribution in [3.63, 3.8) is 0 Å². The van der Waals surface area contributed by atoms with Crippen molar-refractivity contribution in [3.05, 3.63) is 138 Å². The van der Waals surface area contributed by atoms with Gasteiger partial charge in [-0.1, -0.05) is 78.3 Å². The Morgan fingerprint density at radius 1 is 0.894 bits per heavy atom. The molecule has 0 saturated carbocycles. The van der Waals surface area contributed by atoms with Crippen molar-refractivity contribution in [2.45, 2.75) is 25.5 Å². The summed E-state index contributed by atoms with van der Waals surface area (Å²) >= 11 is 5.94. The topological polar surface area (TPSA) is 118 Å². The minimum atomic E-state index is -1.45. The van der Waals surface area contributed by atoms with E-state index in [4.69, 9.17) is 16.6 Å². The first-order chi connectivity index (χ1) is 22.9. The van der Waals surface area contributed by atoms with E-state index in [1.807, 2.05) is 102 Å². The quantitative estimate of drug-likeness (QED) is 0.149. The highest BCUT2D eigenvalue weighted by atomic mass is 35.5. The van der Waals surface area contributed by atoms with E-state index in [2.05, 4.69) is 25.6 Å². The Kier molecular flexibility index (Phi) is 8.31. The molecule has 9 nitrogen and oxygen atoms in total. The summed E-state index contributed by atoms with van der Waals surface area (Å²) in [6.45, 7) is 1.93. The van der Waals surface area contributed by atoms with E-state index >= 15 is 0 Å². The van der Waals surface area contributed by atoms with Crippen LogP contribution in [-0.4, -0.2) is 41.6 Å². The molecule has 3 N–H and O–H groups in total. The van der Waals surface area contributed by atoms with Crippen LogP contribution >= 0.6 is 11.6 Å². The van der Waals surface area contributed by atoms with Gasteiger partial charge in [-0.3, -0.25) is 9.78 Å². The van der Waals surface area contributed by atoms with E-state index in [0.717, 1.165) is 38.6 Å². The lowest BCUT2D eigenvalue weighted by Gasteiger charge is -2.27. The van der Waals surface area contributed by atoms with E-state index in [-0.39, 0.29) is 0 Å². The zero-order valence-corrected chi connectivity index (χ0v) is 26.1. The van der Waals surface area contributed by atoms with Gasteiger partial charge in [0.25, 0.3) is 5.91 Å². The average molecular weight is 640 g/mol. The summed E-state index contributed by atoms with van der Waals surface area (Å²) in [4.78, 5) is 32.1. The van der Waals surface area contributed by atoms with Crippen molar-refractivity contribution in [2.24, 2.45) is 0 Å². The van der Waals surface area contributed by atoms with Crippen LogP contribution in [0, 0.1) is 6.92 Å². The second-order valence-electron chi connectivity index (χ2n) is 11.2. The molecule has 7 rings (SSSR count). The molecule has 3 heterocycles. The monoisotopic (exact) mass is 639 g/mol. The van der Waals surface area contributed by atoms with Crippen LogP contribution in [0.3, 0.4) is 0 Å². The molecule has 0 aliphatic rings. The van der Waals surface area contributed by atoms with Crippen LogP contribution in [0.15, 0.2) is 122 Å². The van der Waals surface area contributed by atoms with Crippen molar-refractivity contribution >= 4 is 56.8 Å². The number of nitrogens with one attached hydrogen (secondary N) is 2. The average Bonchev–Trinajstić information content (AvgIpc) is 3.48. The summed E-state index contributed by atoms with van der Waals surface area (Å²) in [5.41, 5.74) is 6.23. The van der Waals surface area contributed by atoms with Crippen LogP contribution in [0.2, 0.25) is 5.02 Å². The van der Waals surface area contributed by atoms with Crippen LogP contribution < -0.4 is 10.6 Å². The maximum absolute atomic E-state index is 14.0. The Hall–Kier alpha value is -5.64. The van der Waals surface area contributed by atoms with Crippen molar-refractivity contribution in [3.8, 4) is 11.4 Å².